The number of aliphatic hydroxyl groups excluding tert-OH is 1. The van der Waals surface area contributed by atoms with Gasteiger partial charge in [0, 0.05) is 16.9 Å². The lowest BCUT2D eigenvalue weighted by atomic mass is 9.97. The van der Waals surface area contributed by atoms with Crippen molar-refractivity contribution in [1.82, 2.24) is 4.98 Å². The molecule has 0 radical (unpaired) electrons. The first-order valence-corrected chi connectivity index (χ1v) is 8.54. The van der Waals surface area contributed by atoms with Crippen LogP contribution in [0.1, 0.15) is 18.4 Å². The fraction of sp³-hybridized carbons (Fsp3) is 0.583. The lowest BCUT2D eigenvalue weighted by Crippen LogP contribution is -2.17. The third-order valence-electron chi connectivity index (χ3n) is 3.16. The van der Waals surface area contributed by atoms with Gasteiger partial charge in [0.25, 0.3) is 0 Å². The Bertz CT molecular complexity index is 518. The lowest BCUT2D eigenvalue weighted by molar-refractivity contribution is 0.147. The van der Waals surface area contributed by atoms with Crippen molar-refractivity contribution in [3.63, 3.8) is 0 Å². The number of halogens is 1. The maximum atomic E-state index is 11.3. The van der Waals surface area contributed by atoms with E-state index in [1.54, 1.807) is 12.4 Å². The normalized spacial score (nSPS) is 24.0. The van der Waals surface area contributed by atoms with Crippen LogP contribution in [0.15, 0.2) is 22.9 Å². The summed E-state index contributed by atoms with van der Waals surface area (Å²) < 4.78 is 23.5. The Morgan fingerprint density at radius 2 is 2.28 bits per heavy atom. The summed E-state index contributed by atoms with van der Waals surface area (Å²) in [5.41, 5.74) is 0.956. The number of hydrogen-bond donors (Lipinski definition) is 1. The maximum Gasteiger partial charge on any atom is 0.150 e. The van der Waals surface area contributed by atoms with Gasteiger partial charge in [0.15, 0.2) is 9.84 Å². The molecule has 1 aliphatic rings. The quantitative estimate of drug-likeness (QED) is 0.908. The summed E-state index contributed by atoms with van der Waals surface area (Å²) in [5, 5.41) is 9.99. The number of pyridine rings is 1. The van der Waals surface area contributed by atoms with Gasteiger partial charge < -0.3 is 5.11 Å². The first kappa shape index (κ1) is 14.0. The first-order chi connectivity index (χ1) is 8.44. The van der Waals surface area contributed by atoms with E-state index in [4.69, 9.17) is 0 Å². The molecule has 0 aromatic carbocycles. The number of sulfone groups is 1. The second kappa shape index (κ2) is 5.67. The van der Waals surface area contributed by atoms with Crippen molar-refractivity contribution in [3.8, 4) is 0 Å². The van der Waals surface area contributed by atoms with Crippen molar-refractivity contribution in [2.45, 2.75) is 25.4 Å². The minimum absolute atomic E-state index is 0.102. The van der Waals surface area contributed by atoms with Gasteiger partial charge in [-0.05, 0) is 52.7 Å². The Morgan fingerprint density at radius 3 is 2.89 bits per heavy atom. The summed E-state index contributed by atoms with van der Waals surface area (Å²) in [7, 11) is -2.85. The molecule has 1 aromatic rings. The highest BCUT2D eigenvalue weighted by molar-refractivity contribution is 9.10. The van der Waals surface area contributed by atoms with Crippen LogP contribution in [0.25, 0.3) is 0 Å². The van der Waals surface area contributed by atoms with Gasteiger partial charge in [-0.25, -0.2) is 8.42 Å². The Hall–Kier alpha value is -0.460. The van der Waals surface area contributed by atoms with Gasteiger partial charge >= 0.3 is 0 Å². The van der Waals surface area contributed by atoms with E-state index >= 15 is 0 Å². The molecule has 18 heavy (non-hydrogen) atoms. The molecule has 0 aliphatic carbocycles. The zero-order valence-corrected chi connectivity index (χ0v) is 12.3. The molecule has 0 amide bonds. The molecule has 2 atom stereocenters. The number of aliphatic hydroxyl groups is 1. The largest absolute Gasteiger partial charge is 0.393 e. The van der Waals surface area contributed by atoms with E-state index in [1.807, 2.05) is 6.07 Å². The van der Waals surface area contributed by atoms with Crippen LogP contribution >= 0.6 is 15.9 Å². The number of aromatic nitrogens is 1. The Kier molecular flexibility index (Phi) is 4.40. The molecule has 0 saturated carbocycles. The van der Waals surface area contributed by atoms with Crippen molar-refractivity contribution >= 4 is 25.8 Å². The molecule has 6 heteroatoms. The van der Waals surface area contributed by atoms with Crippen molar-refractivity contribution in [2.24, 2.45) is 5.92 Å². The summed E-state index contributed by atoms with van der Waals surface area (Å²) >= 11 is 3.33. The molecule has 2 rings (SSSR count). The minimum atomic E-state index is -2.85. The van der Waals surface area contributed by atoms with Crippen LogP contribution in [0.3, 0.4) is 0 Å². The summed E-state index contributed by atoms with van der Waals surface area (Å²) in [6.45, 7) is 0. The summed E-state index contributed by atoms with van der Waals surface area (Å²) in [4.78, 5) is 4.04. The average molecular weight is 334 g/mol. The van der Waals surface area contributed by atoms with Gasteiger partial charge in [0.05, 0.1) is 17.6 Å². The summed E-state index contributed by atoms with van der Waals surface area (Å²) in [6, 6.07) is 1.92. The van der Waals surface area contributed by atoms with Crippen molar-refractivity contribution in [3.05, 3.63) is 28.5 Å². The third-order valence-corrected chi connectivity index (χ3v) is 5.44. The van der Waals surface area contributed by atoms with Gasteiger partial charge in [0.2, 0.25) is 0 Å². The second-order valence-corrected chi connectivity index (χ2v) is 8.02. The number of rotatable bonds is 4. The fourth-order valence-electron chi connectivity index (χ4n) is 2.37. The summed E-state index contributed by atoms with van der Waals surface area (Å²) in [5.74, 6) is 0.592. The molecule has 2 unspecified atom stereocenters. The number of hydrogen-bond acceptors (Lipinski definition) is 4. The molecular formula is C12H16BrNO3S. The molecule has 100 valence electrons. The smallest absolute Gasteiger partial charge is 0.150 e. The highest BCUT2D eigenvalue weighted by atomic mass is 79.9. The molecule has 1 N–H and O–H groups in total. The summed E-state index contributed by atoms with van der Waals surface area (Å²) in [6.07, 6.45) is 4.66. The lowest BCUT2D eigenvalue weighted by Gasteiger charge is -2.14. The van der Waals surface area contributed by atoms with E-state index in [0.29, 0.717) is 19.3 Å². The third kappa shape index (κ3) is 4.03. The van der Waals surface area contributed by atoms with E-state index < -0.39 is 15.9 Å². The van der Waals surface area contributed by atoms with Crippen LogP contribution in [-0.2, 0) is 16.3 Å². The Balaban J connectivity index is 1.88. The molecule has 0 bridgehead atoms. The van der Waals surface area contributed by atoms with Crippen molar-refractivity contribution in [2.75, 3.05) is 11.5 Å². The average Bonchev–Trinajstić information content (AvgIpc) is 2.57. The Labute approximate surface area is 115 Å². The number of nitrogens with zero attached hydrogens (tertiary/aromatic N) is 1. The predicted octanol–water partition coefficient (Wildman–Crippen LogP) is 1.57. The SMILES string of the molecule is O=S1(=O)CCC(CC(O)Cc2cncc(Br)c2)C1. The molecule has 1 aliphatic heterocycles. The highest BCUT2D eigenvalue weighted by Gasteiger charge is 2.29. The molecule has 2 heterocycles. The van der Waals surface area contributed by atoms with E-state index in [0.717, 1.165) is 10.0 Å². The molecule has 4 nitrogen and oxygen atoms in total. The van der Waals surface area contributed by atoms with Crippen LogP contribution in [0.5, 0.6) is 0 Å². The zero-order chi connectivity index (χ0) is 13.2. The van der Waals surface area contributed by atoms with Gasteiger partial charge in [-0.2, -0.15) is 0 Å². The Morgan fingerprint density at radius 1 is 1.50 bits per heavy atom. The van der Waals surface area contributed by atoms with Crippen molar-refractivity contribution < 1.29 is 13.5 Å². The van der Waals surface area contributed by atoms with Crippen LogP contribution in [0.2, 0.25) is 0 Å². The molecular weight excluding hydrogens is 318 g/mol. The zero-order valence-electron chi connectivity index (χ0n) is 9.92. The van der Waals surface area contributed by atoms with Crippen LogP contribution in [-0.4, -0.2) is 36.1 Å². The monoisotopic (exact) mass is 333 g/mol. The second-order valence-electron chi connectivity index (χ2n) is 4.87. The van der Waals surface area contributed by atoms with E-state index in [2.05, 4.69) is 20.9 Å². The molecule has 1 saturated heterocycles. The van der Waals surface area contributed by atoms with Gasteiger partial charge in [-0.3, -0.25) is 4.98 Å². The minimum Gasteiger partial charge on any atom is -0.393 e. The van der Waals surface area contributed by atoms with Crippen LogP contribution in [0.4, 0.5) is 0 Å². The first-order valence-electron chi connectivity index (χ1n) is 5.92. The standard InChI is InChI=1S/C12H16BrNO3S/c13-11-3-10(6-14-7-11)5-12(15)4-9-1-2-18(16,17)8-9/h3,6-7,9,12,15H,1-2,4-5,8H2. The predicted molar refractivity (Wildman–Crippen MR) is 73.0 cm³/mol. The highest BCUT2D eigenvalue weighted by Crippen LogP contribution is 2.24. The van der Waals surface area contributed by atoms with Gasteiger partial charge in [-0.1, -0.05) is 0 Å². The van der Waals surface area contributed by atoms with Crippen molar-refractivity contribution in [1.29, 1.82) is 0 Å². The topological polar surface area (TPSA) is 67.3 Å². The van der Waals surface area contributed by atoms with Crippen LogP contribution in [0, 0.1) is 5.92 Å². The molecule has 0 spiro atoms. The van der Waals surface area contributed by atoms with E-state index in [9.17, 15) is 13.5 Å². The van der Waals surface area contributed by atoms with Gasteiger partial charge in [0.1, 0.15) is 0 Å². The molecule has 1 aromatic heterocycles. The maximum absolute atomic E-state index is 11.3. The fourth-order valence-corrected chi connectivity index (χ4v) is 4.66. The van der Waals surface area contributed by atoms with E-state index in [1.165, 1.54) is 0 Å². The molecule has 1 fully saturated rings. The van der Waals surface area contributed by atoms with E-state index in [-0.39, 0.29) is 17.4 Å². The van der Waals surface area contributed by atoms with Gasteiger partial charge in [-0.15, -0.1) is 0 Å². The van der Waals surface area contributed by atoms with Crippen LogP contribution < -0.4 is 0 Å².